The van der Waals surface area contributed by atoms with Gasteiger partial charge in [-0.15, -0.1) is 0 Å². The fourth-order valence-electron chi connectivity index (χ4n) is 1.73. The van der Waals surface area contributed by atoms with Gasteiger partial charge in [0.05, 0.1) is 12.2 Å². The first-order valence-electron chi connectivity index (χ1n) is 7.88. The van der Waals surface area contributed by atoms with Crippen LogP contribution in [0.25, 0.3) is 0 Å². The average Bonchev–Trinajstić information content (AvgIpc) is 2.64. The summed E-state index contributed by atoms with van der Waals surface area (Å²) in [6.45, 7) is 0.239. The Morgan fingerprint density at radius 2 is 0.846 bits per heavy atom. The molecule has 12 heteroatoms. The van der Waals surface area contributed by atoms with E-state index in [1.807, 2.05) is 0 Å². The summed E-state index contributed by atoms with van der Waals surface area (Å²) >= 11 is 0. The van der Waals surface area contributed by atoms with Crippen LogP contribution >= 0.6 is 0 Å². The van der Waals surface area contributed by atoms with Crippen LogP contribution in [0, 0.1) is 0 Å². The zero-order valence-electron chi connectivity index (χ0n) is 15.4. The molecule has 8 unspecified atom stereocenters. The number of methoxy groups -OCH3 is 2. The fourth-order valence-corrected chi connectivity index (χ4v) is 1.73. The minimum atomic E-state index is -1.52. The SMILES string of the molecule is CNCC(O)C(O)C(O)C(O)OC.CNCC(O)C(O)C(O)C(O)OC. The normalized spacial score (nSPS) is 20.8. The molecule has 0 aliphatic heterocycles. The lowest BCUT2D eigenvalue weighted by molar-refractivity contribution is -0.189. The molecule has 0 saturated heterocycles. The largest absolute Gasteiger partial charge is 0.389 e. The molecule has 0 bridgehead atoms. The third-order valence-corrected chi connectivity index (χ3v) is 3.38. The second-order valence-corrected chi connectivity index (χ2v) is 5.46. The first-order valence-corrected chi connectivity index (χ1v) is 7.88. The lowest BCUT2D eigenvalue weighted by atomic mass is 10.1. The lowest BCUT2D eigenvalue weighted by Gasteiger charge is -2.25. The van der Waals surface area contributed by atoms with E-state index in [0.717, 1.165) is 0 Å². The van der Waals surface area contributed by atoms with Crippen LogP contribution < -0.4 is 10.6 Å². The van der Waals surface area contributed by atoms with E-state index in [2.05, 4.69) is 20.1 Å². The van der Waals surface area contributed by atoms with Crippen LogP contribution in [0.3, 0.4) is 0 Å². The number of aliphatic hydroxyl groups excluding tert-OH is 8. The Hall–Kier alpha value is -0.480. The molecule has 0 aliphatic carbocycles. The fraction of sp³-hybridized carbons (Fsp3) is 1.00. The molecular formula is C14H34N2O10. The highest BCUT2D eigenvalue weighted by molar-refractivity contribution is 4.78. The molecule has 0 spiro atoms. The molecule has 0 aromatic carbocycles. The van der Waals surface area contributed by atoms with Gasteiger partial charge >= 0.3 is 0 Å². The first kappa shape index (κ1) is 27.7. The molecule has 0 fully saturated rings. The van der Waals surface area contributed by atoms with Crippen molar-refractivity contribution in [2.45, 2.75) is 49.2 Å². The van der Waals surface area contributed by atoms with Crippen LogP contribution in [0.2, 0.25) is 0 Å². The van der Waals surface area contributed by atoms with Crippen molar-refractivity contribution in [3.63, 3.8) is 0 Å². The van der Waals surface area contributed by atoms with Gasteiger partial charge in [-0.25, -0.2) is 0 Å². The molecule has 8 atom stereocenters. The van der Waals surface area contributed by atoms with E-state index >= 15 is 0 Å². The van der Waals surface area contributed by atoms with Gasteiger partial charge in [-0.1, -0.05) is 0 Å². The van der Waals surface area contributed by atoms with E-state index in [1.54, 1.807) is 14.1 Å². The summed E-state index contributed by atoms with van der Waals surface area (Å²) in [6.07, 6.45) is -11.2. The zero-order valence-corrected chi connectivity index (χ0v) is 15.4. The summed E-state index contributed by atoms with van der Waals surface area (Å²) in [5.41, 5.74) is 0. The van der Waals surface area contributed by atoms with Crippen molar-refractivity contribution in [3.05, 3.63) is 0 Å². The molecule has 0 amide bonds. The highest BCUT2D eigenvalue weighted by Crippen LogP contribution is 2.05. The minimum Gasteiger partial charge on any atom is -0.389 e. The van der Waals surface area contributed by atoms with Crippen LogP contribution in [-0.2, 0) is 9.47 Å². The lowest BCUT2D eigenvalue weighted by Crippen LogP contribution is -2.48. The van der Waals surface area contributed by atoms with Gasteiger partial charge in [0.15, 0.2) is 12.6 Å². The first-order chi connectivity index (χ1) is 12.1. The minimum absolute atomic E-state index is 0.120. The molecule has 0 radical (unpaired) electrons. The van der Waals surface area contributed by atoms with Crippen molar-refractivity contribution >= 4 is 0 Å². The van der Waals surface area contributed by atoms with Crippen molar-refractivity contribution in [3.8, 4) is 0 Å². The van der Waals surface area contributed by atoms with Crippen molar-refractivity contribution in [1.82, 2.24) is 10.6 Å². The van der Waals surface area contributed by atoms with E-state index in [9.17, 15) is 30.6 Å². The number of hydrogen-bond acceptors (Lipinski definition) is 12. The number of rotatable bonds is 12. The predicted octanol–water partition coefficient (Wildman–Crippen LogP) is -5.49. The molecule has 0 aromatic rings. The second kappa shape index (κ2) is 15.6. The van der Waals surface area contributed by atoms with Gasteiger partial charge in [-0.3, -0.25) is 0 Å². The van der Waals surface area contributed by atoms with E-state index < -0.39 is 49.2 Å². The summed E-state index contributed by atoms with van der Waals surface area (Å²) in [4.78, 5) is 0. The van der Waals surface area contributed by atoms with Crippen LogP contribution in [0.1, 0.15) is 0 Å². The molecular weight excluding hydrogens is 356 g/mol. The molecule has 0 aliphatic rings. The van der Waals surface area contributed by atoms with Gasteiger partial charge in [0, 0.05) is 27.3 Å². The van der Waals surface area contributed by atoms with Crippen LogP contribution in [0.4, 0.5) is 0 Å². The Kier molecular flexibility index (Phi) is 16.6. The maximum Gasteiger partial charge on any atom is 0.183 e. The smallest absolute Gasteiger partial charge is 0.183 e. The van der Waals surface area contributed by atoms with Crippen molar-refractivity contribution < 1.29 is 50.3 Å². The molecule has 0 aromatic heterocycles. The number of hydrogen-bond donors (Lipinski definition) is 10. The van der Waals surface area contributed by atoms with Crippen LogP contribution in [0.15, 0.2) is 0 Å². The molecule has 12 nitrogen and oxygen atoms in total. The molecule has 0 heterocycles. The summed E-state index contributed by atoms with van der Waals surface area (Å²) in [7, 11) is 5.56. The van der Waals surface area contributed by atoms with Crippen LogP contribution in [0.5, 0.6) is 0 Å². The van der Waals surface area contributed by atoms with Gasteiger partial charge in [0.25, 0.3) is 0 Å². The Labute approximate surface area is 152 Å². The van der Waals surface area contributed by atoms with Crippen molar-refractivity contribution in [2.75, 3.05) is 41.4 Å². The molecule has 0 saturated carbocycles. The predicted molar refractivity (Wildman–Crippen MR) is 89.9 cm³/mol. The van der Waals surface area contributed by atoms with Gasteiger partial charge in [0.1, 0.15) is 24.4 Å². The maximum absolute atomic E-state index is 9.24. The third kappa shape index (κ3) is 10.6. The highest BCUT2D eigenvalue weighted by atomic mass is 16.6. The standard InChI is InChI=1S/2C7H17NO5/c2*1-8-3-4(9)5(10)6(11)7(12)13-2/h2*4-12H,3H2,1-2H3. The zero-order chi connectivity index (χ0) is 20.9. The van der Waals surface area contributed by atoms with Gasteiger partial charge in [-0.05, 0) is 14.1 Å². The quantitative estimate of drug-likeness (QED) is 0.142. The number of ether oxygens (including phenoxy) is 2. The highest BCUT2D eigenvalue weighted by Gasteiger charge is 2.30. The maximum atomic E-state index is 9.24. The van der Waals surface area contributed by atoms with Crippen molar-refractivity contribution in [1.29, 1.82) is 0 Å². The monoisotopic (exact) mass is 390 g/mol. The Morgan fingerprint density at radius 3 is 1.04 bits per heavy atom. The van der Waals surface area contributed by atoms with E-state index in [4.69, 9.17) is 10.2 Å². The third-order valence-electron chi connectivity index (χ3n) is 3.38. The van der Waals surface area contributed by atoms with Gasteiger partial charge in [0.2, 0.25) is 0 Å². The van der Waals surface area contributed by atoms with Gasteiger partial charge in [-0.2, -0.15) is 0 Å². The van der Waals surface area contributed by atoms with Crippen LogP contribution in [-0.4, -0.2) is 131 Å². The van der Waals surface area contributed by atoms with E-state index in [-0.39, 0.29) is 13.1 Å². The summed E-state index contributed by atoms with van der Waals surface area (Å²) < 4.78 is 8.75. The summed E-state index contributed by atoms with van der Waals surface area (Å²) in [6, 6.07) is 0. The molecule has 160 valence electrons. The Morgan fingerprint density at radius 1 is 0.577 bits per heavy atom. The van der Waals surface area contributed by atoms with Crippen molar-refractivity contribution in [2.24, 2.45) is 0 Å². The Bertz CT molecular complexity index is 298. The molecule has 26 heavy (non-hydrogen) atoms. The van der Waals surface area contributed by atoms with E-state index in [1.165, 1.54) is 14.2 Å². The van der Waals surface area contributed by atoms with E-state index in [0.29, 0.717) is 0 Å². The summed E-state index contributed by atoms with van der Waals surface area (Å²) in [5, 5.41) is 78.3. The Balaban J connectivity index is 0. The van der Waals surface area contributed by atoms with Gasteiger partial charge < -0.3 is 61.0 Å². The molecule has 0 rings (SSSR count). The molecule has 10 N–H and O–H groups in total. The summed E-state index contributed by atoms with van der Waals surface area (Å²) in [5.74, 6) is 0. The number of likely N-dealkylation sites (N-methyl/N-ethyl adjacent to an activating group) is 2. The topological polar surface area (TPSA) is 204 Å². The average molecular weight is 390 g/mol. The number of aliphatic hydroxyl groups is 8. The number of nitrogens with one attached hydrogen (secondary N) is 2. The second-order valence-electron chi connectivity index (χ2n) is 5.46.